The van der Waals surface area contributed by atoms with Crippen molar-refractivity contribution in [3.63, 3.8) is 0 Å². The van der Waals surface area contributed by atoms with Gasteiger partial charge in [0.15, 0.2) is 11.6 Å². The molecule has 3 aromatic rings. The average molecular weight is 424 g/mol. The van der Waals surface area contributed by atoms with E-state index in [1.54, 1.807) is 25.2 Å². The van der Waals surface area contributed by atoms with Crippen molar-refractivity contribution in [2.75, 3.05) is 19.4 Å². The lowest BCUT2D eigenvalue weighted by atomic mass is 10.00. The topological polar surface area (TPSA) is 120 Å². The molecule has 1 aliphatic heterocycles. The van der Waals surface area contributed by atoms with Crippen LogP contribution in [-0.2, 0) is 11.3 Å². The van der Waals surface area contributed by atoms with Gasteiger partial charge < -0.3 is 19.9 Å². The SMILES string of the molecule is C=Nc1nc(N)ccc1C(=O)N(C)Cc1nc([C@@H]2CO[C@@H](c3ccc(F)cc3)C2)no1. The first kappa shape index (κ1) is 20.6. The summed E-state index contributed by atoms with van der Waals surface area (Å²) in [5, 5.41) is 4.05. The first-order chi connectivity index (χ1) is 14.9. The Kier molecular flexibility index (Phi) is 5.72. The van der Waals surface area contributed by atoms with Crippen LogP contribution in [0.1, 0.15) is 46.1 Å². The molecule has 3 heterocycles. The minimum atomic E-state index is -0.324. The van der Waals surface area contributed by atoms with E-state index < -0.39 is 0 Å². The molecule has 1 aromatic carbocycles. The van der Waals surface area contributed by atoms with Crippen molar-refractivity contribution >= 4 is 24.3 Å². The first-order valence-corrected chi connectivity index (χ1v) is 9.63. The highest BCUT2D eigenvalue weighted by molar-refractivity contribution is 5.98. The van der Waals surface area contributed by atoms with E-state index in [1.807, 2.05) is 0 Å². The number of carbonyl (C=O) groups excluding carboxylic acids is 1. The van der Waals surface area contributed by atoms with Gasteiger partial charge in [0.2, 0.25) is 5.89 Å². The number of nitrogens with two attached hydrogens (primary N) is 1. The number of pyridine rings is 1. The molecule has 2 atom stereocenters. The summed E-state index contributed by atoms with van der Waals surface area (Å²) in [5.41, 5.74) is 6.81. The molecule has 4 rings (SSSR count). The van der Waals surface area contributed by atoms with E-state index in [0.29, 0.717) is 24.7 Å². The van der Waals surface area contributed by atoms with Crippen LogP contribution in [0.5, 0.6) is 0 Å². The largest absolute Gasteiger partial charge is 0.384 e. The van der Waals surface area contributed by atoms with Gasteiger partial charge in [-0.25, -0.2) is 14.4 Å². The minimum Gasteiger partial charge on any atom is -0.384 e. The van der Waals surface area contributed by atoms with Crippen LogP contribution in [0.25, 0.3) is 0 Å². The van der Waals surface area contributed by atoms with Gasteiger partial charge in [0.25, 0.3) is 5.91 Å². The zero-order valence-corrected chi connectivity index (χ0v) is 16.9. The summed E-state index contributed by atoms with van der Waals surface area (Å²) in [5.74, 6) is 0.571. The lowest BCUT2D eigenvalue weighted by Gasteiger charge is -2.15. The highest BCUT2D eigenvalue weighted by Gasteiger charge is 2.31. The van der Waals surface area contributed by atoms with E-state index in [1.165, 1.54) is 23.1 Å². The standard InChI is InChI=1S/C21H21FN6O3/c1-24-20-15(7-8-17(23)25-20)21(29)28(2)10-18-26-19(27-31-18)13-9-16(30-11-13)12-3-5-14(22)6-4-12/h3-8,13,16H,1,9-11H2,2H3,(H2,23,25)/t13-,16+/m0/s1. The molecule has 0 spiro atoms. The molecule has 10 heteroatoms. The molecule has 160 valence electrons. The zero-order chi connectivity index (χ0) is 22.0. The number of rotatable bonds is 6. The first-order valence-electron chi connectivity index (χ1n) is 9.63. The number of nitrogen functional groups attached to an aromatic ring is 1. The van der Waals surface area contributed by atoms with Crippen molar-refractivity contribution in [1.29, 1.82) is 0 Å². The molecule has 31 heavy (non-hydrogen) atoms. The third kappa shape index (κ3) is 4.43. The number of nitrogens with zero attached hydrogens (tertiary/aromatic N) is 5. The second-order valence-corrected chi connectivity index (χ2v) is 7.28. The van der Waals surface area contributed by atoms with E-state index in [9.17, 15) is 9.18 Å². The fraction of sp³-hybridized carbons (Fsp3) is 0.286. The van der Waals surface area contributed by atoms with Gasteiger partial charge in [-0.3, -0.25) is 4.79 Å². The molecule has 1 amide bonds. The minimum absolute atomic E-state index is 0.0496. The van der Waals surface area contributed by atoms with Crippen molar-refractivity contribution in [3.8, 4) is 0 Å². The van der Waals surface area contributed by atoms with Crippen molar-refractivity contribution < 1.29 is 18.4 Å². The molecule has 0 saturated carbocycles. The number of carbonyl (C=O) groups is 1. The Balaban J connectivity index is 1.40. The van der Waals surface area contributed by atoms with E-state index in [2.05, 4.69) is 26.8 Å². The number of amides is 1. The Hall–Kier alpha value is -3.66. The summed E-state index contributed by atoms with van der Waals surface area (Å²) >= 11 is 0. The molecule has 1 aliphatic rings. The summed E-state index contributed by atoms with van der Waals surface area (Å²) in [6.07, 6.45) is 0.504. The fourth-order valence-corrected chi connectivity index (χ4v) is 3.45. The molecule has 0 bridgehead atoms. The van der Waals surface area contributed by atoms with Gasteiger partial charge >= 0.3 is 0 Å². The van der Waals surface area contributed by atoms with Crippen LogP contribution in [0, 0.1) is 5.82 Å². The lowest BCUT2D eigenvalue weighted by molar-refractivity contribution is 0.0770. The molecule has 0 radical (unpaired) electrons. The molecule has 0 aliphatic carbocycles. The van der Waals surface area contributed by atoms with Crippen molar-refractivity contribution in [2.24, 2.45) is 4.99 Å². The van der Waals surface area contributed by atoms with Gasteiger partial charge in [0.05, 0.1) is 24.8 Å². The van der Waals surface area contributed by atoms with Crippen LogP contribution >= 0.6 is 0 Å². The number of hydrogen-bond acceptors (Lipinski definition) is 8. The summed E-state index contributed by atoms with van der Waals surface area (Å²) in [4.78, 5) is 26.4. The van der Waals surface area contributed by atoms with E-state index >= 15 is 0 Å². The van der Waals surface area contributed by atoms with Crippen LogP contribution in [0.15, 0.2) is 45.9 Å². The molecule has 0 unspecified atom stereocenters. The number of aromatic nitrogens is 3. The van der Waals surface area contributed by atoms with Gasteiger partial charge in [0.1, 0.15) is 11.6 Å². The zero-order valence-electron chi connectivity index (χ0n) is 16.9. The molecular formula is C21H21FN6O3. The highest BCUT2D eigenvalue weighted by Crippen LogP contribution is 2.37. The molecule has 1 fully saturated rings. The second kappa shape index (κ2) is 8.60. The summed E-state index contributed by atoms with van der Waals surface area (Å²) < 4.78 is 24.3. The molecule has 2 N–H and O–H groups in total. The van der Waals surface area contributed by atoms with Crippen LogP contribution in [-0.4, -0.2) is 46.3 Å². The normalized spacial score (nSPS) is 18.1. The van der Waals surface area contributed by atoms with Crippen molar-refractivity contribution in [3.05, 3.63) is 65.1 Å². The number of benzene rings is 1. The monoisotopic (exact) mass is 424 g/mol. The number of halogens is 1. The van der Waals surface area contributed by atoms with Gasteiger partial charge in [-0.1, -0.05) is 17.3 Å². The average Bonchev–Trinajstić information content (AvgIpc) is 3.43. The van der Waals surface area contributed by atoms with Crippen LogP contribution < -0.4 is 5.73 Å². The Morgan fingerprint density at radius 2 is 2.06 bits per heavy atom. The molecule has 2 aromatic heterocycles. The maximum atomic E-state index is 13.1. The van der Waals surface area contributed by atoms with Gasteiger partial charge in [-0.05, 0) is 43.0 Å². The Morgan fingerprint density at radius 3 is 2.81 bits per heavy atom. The predicted molar refractivity (Wildman–Crippen MR) is 110 cm³/mol. The summed E-state index contributed by atoms with van der Waals surface area (Å²) in [6, 6.07) is 9.32. The number of ether oxygens (including phenoxy) is 1. The van der Waals surface area contributed by atoms with E-state index in [4.69, 9.17) is 15.0 Å². The van der Waals surface area contributed by atoms with Gasteiger partial charge in [-0.15, -0.1) is 0 Å². The summed E-state index contributed by atoms with van der Waals surface area (Å²) in [6.45, 7) is 3.97. The quantitative estimate of drug-likeness (QED) is 0.604. The van der Waals surface area contributed by atoms with E-state index in [-0.39, 0.29) is 47.5 Å². The van der Waals surface area contributed by atoms with Crippen LogP contribution in [0.2, 0.25) is 0 Å². The Labute approximate surface area is 177 Å². The van der Waals surface area contributed by atoms with Crippen molar-refractivity contribution in [2.45, 2.75) is 25.0 Å². The highest BCUT2D eigenvalue weighted by atomic mass is 19.1. The third-order valence-electron chi connectivity index (χ3n) is 5.08. The van der Waals surface area contributed by atoms with Crippen molar-refractivity contribution in [1.82, 2.24) is 20.0 Å². The van der Waals surface area contributed by atoms with Gasteiger partial charge in [-0.2, -0.15) is 4.98 Å². The summed E-state index contributed by atoms with van der Waals surface area (Å²) in [7, 11) is 1.61. The Morgan fingerprint density at radius 1 is 1.29 bits per heavy atom. The maximum absolute atomic E-state index is 13.1. The predicted octanol–water partition coefficient (Wildman–Crippen LogP) is 3.04. The lowest BCUT2D eigenvalue weighted by Crippen LogP contribution is -2.26. The van der Waals surface area contributed by atoms with Gasteiger partial charge in [0, 0.05) is 13.0 Å². The maximum Gasteiger partial charge on any atom is 0.257 e. The van der Waals surface area contributed by atoms with Crippen LogP contribution in [0.4, 0.5) is 16.0 Å². The Bertz CT molecular complexity index is 1100. The third-order valence-corrected chi connectivity index (χ3v) is 5.08. The smallest absolute Gasteiger partial charge is 0.257 e. The molecule has 1 saturated heterocycles. The van der Waals surface area contributed by atoms with E-state index in [0.717, 1.165) is 5.56 Å². The molecule has 9 nitrogen and oxygen atoms in total. The number of hydrogen-bond donors (Lipinski definition) is 1. The number of anilines is 1. The molecular weight excluding hydrogens is 403 g/mol. The van der Waals surface area contributed by atoms with Crippen LogP contribution in [0.3, 0.4) is 0 Å². The fourth-order valence-electron chi connectivity index (χ4n) is 3.45. The number of aliphatic imine (C=N–C) groups is 1. The second-order valence-electron chi connectivity index (χ2n) is 7.28.